The lowest BCUT2D eigenvalue weighted by Crippen LogP contribution is -2.16. The van der Waals surface area contributed by atoms with Gasteiger partial charge in [-0.2, -0.15) is 0 Å². The van der Waals surface area contributed by atoms with Crippen LogP contribution in [0.3, 0.4) is 0 Å². The van der Waals surface area contributed by atoms with Crippen LogP contribution in [0.1, 0.15) is 6.42 Å². The molecular formula is C13H13FN2O3S2. The zero-order valence-corrected chi connectivity index (χ0v) is 12.8. The third kappa shape index (κ3) is 4.91. The number of carbonyl (C=O) groups excluding carboxylic acids is 1. The van der Waals surface area contributed by atoms with Crippen molar-refractivity contribution in [2.45, 2.75) is 6.42 Å². The Morgan fingerprint density at radius 1 is 1.33 bits per heavy atom. The number of benzene rings is 1. The number of hydrogen-bond donors (Lipinski definition) is 1. The molecule has 0 spiro atoms. The van der Waals surface area contributed by atoms with E-state index in [1.807, 2.05) is 0 Å². The molecule has 1 amide bonds. The molecule has 0 bridgehead atoms. The molecule has 0 aliphatic carbocycles. The quantitative estimate of drug-likeness (QED) is 0.914. The minimum Gasteiger partial charge on any atom is -0.302 e. The van der Waals surface area contributed by atoms with Crippen molar-refractivity contribution in [2.75, 3.05) is 17.3 Å². The Morgan fingerprint density at radius 2 is 2.00 bits per heavy atom. The van der Waals surface area contributed by atoms with Gasteiger partial charge < -0.3 is 5.32 Å². The number of aromatic nitrogens is 1. The molecule has 0 saturated heterocycles. The van der Waals surface area contributed by atoms with Gasteiger partial charge in [0.15, 0.2) is 5.13 Å². The highest BCUT2D eigenvalue weighted by Gasteiger charge is 2.11. The van der Waals surface area contributed by atoms with Gasteiger partial charge >= 0.3 is 0 Å². The van der Waals surface area contributed by atoms with Crippen LogP contribution < -0.4 is 5.32 Å². The molecule has 0 atom stereocenters. The zero-order chi connectivity index (χ0) is 15.5. The Labute approximate surface area is 125 Å². The summed E-state index contributed by atoms with van der Waals surface area (Å²) in [5.74, 6) is -0.932. The van der Waals surface area contributed by atoms with Crippen molar-refractivity contribution in [1.29, 1.82) is 0 Å². The second kappa shape index (κ2) is 6.31. The molecule has 1 heterocycles. The zero-order valence-electron chi connectivity index (χ0n) is 11.2. The van der Waals surface area contributed by atoms with E-state index in [2.05, 4.69) is 10.3 Å². The smallest absolute Gasteiger partial charge is 0.227 e. The number of nitrogens with one attached hydrogen (secondary N) is 1. The molecular weight excluding hydrogens is 315 g/mol. The first-order valence-electron chi connectivity index (χ1n) is 6.02. The molecule has 0 fully saturated rings. The van der Waals surface area contributed by atoms with Gasteiger partial charge in [-0.3, -0.25) is 4.79 Å². The number of halogens is 1. The molecule has 0 unspecified atom stereocenters. The van der Waals surface area contributed by atoms with Gasteiger partial charge in [-0.15, -0.1) is 11.3 Å². The maximum absolute atomic E-state index is 12.8. The van der Waals surface area contributed by atoms with Crippen molar-refractivity contribution in [3.05, 3.63) is 35.5 Å². The van der Waals surface area contributed by atoms with Crippen molar-refractivity contribution in [1.82, 2.24) is 4.98 Å². The highest BCUT2D eigenvalue weighted by molar-refractivity contribution is 7.90. The summed E-state index contributed by atoms with van der Waals surface area (Å²) in [6, 6.07) is 5.86. The first-order valence-corrected chi connectivity index (χ1v) is 8.96. The Hall–Kier alpha value is -1.80. The number of rotatable bonds is 5. The molecule has 0 aliphatic heterocycles. The van der Waals surface area contributed by atoms with Crippen LogP contribution in [0.15, 0.2) is 29.6 Å². The number of nitrogens with zero attached hydrogens (tertiary/aromatic N) is 1. The second-order valence-corrected chi connectivity index (χ2v) is 7.59. The van der Waals surface area contributed by atoms with Crippen LogP contribution >= 0.6 is 11.3 Å². The third-order valence-corrected chi connectivity index (χ3v) is 4.29. The predicted octanol–water partition coefficient (Wildman–Crippen LogP) is 2.32. The molecule has 112 valence electrons. The summed E-state index contributed by atoms with van der Waals surface area (Å²) in [5.41, 5.74) is 1.36. The predicted molar refractivity (Wildman–Crippen MR) is 80.5 cm³/mol. The van der Waals surface area contributed by atoms with Crippen molar-refractivity contribution < 1.29 is 17.6 Å². The van der Waals surface area contributed by atoms with Crippen molar-refractivity contribution >= 4 is 32.2 Å². The summed E-state index contributed by atoms with van der Waals surface area (Å²) in [4.78, 5) is 15.8. The largest absolute Gasteiger partial charge is 0.302 e. The third-order valence-electron chi connectivity index (χ3n) is 2.59. The highest BCUT2D eigenvalue weighted by atomic mass is 32.2. The molecule has 1 aromatic carbocycles. The van der Waals surface area contributed by atoms with E-state index in [1.54, 1.807) is 17.5 Å². The van der Waals surface area contributed by atoms with E-state index in [1.165, 1.54) is 23.5 Å². The average Bonchev–Trinajstić information content (AvgIpc) is 2.85. The van der Waals surface area contributed by atoms with Gasteiger partial charge in [0.05, 0.1) is 11.4 Å². The Morgan fingerprint density at radius 3 is 2.62 bits per heavy atom. The number of carbonyl (C=O) groups is 1. The van der Waals surface area contributed by atoms with E-state index in [0.717, 1.165) is 11.8 Å². The number of hydrogen-bond acceptors (Lipinski definition) is 5. The van der Waals surface area contributed by atoms with Crippen LogP contribution in [0.5, 0.6) is 0 Å². The van der Waals surface area contributed by atoms with E-state index in [9.17, 15) is 17.6 Å². The first kappa shape index (κ1) is 15.6. The number of anilines is 1. The summed E-state index contributed by atoms with van der Waals surface area (Å²) < 4.78 is 34.8. The normalized spacial score (nSPS) is 11.3. The van der Waals surface area contributed by atoms with Crippen LogP contribution in [-0.2, 0) is 14.6 Å². The summed E-state index contributed by atoms with van der Waals surface area (Å²) >= 11 is 1.22. The van der Waals surface area contributed by atoms with Crippen LogP contribution in [0.2, 0.25) is 0 Å². The molecule has 8 heteroatoms. The lowest BCUT2D eigenvalue weighted by Gasteiger charge is -2.00. The Kier molecular flexibility index (Phi) is 4.69. The molecule has 2 rings (SSSR count). The molecule has 1 N–H and O–H groups in total. The van der Waals surface area contributed by atoms with Crippen LogP contribution in [0, 0.1) is 5.82 Å². The van der Waals surface area contributed by atoms with Crippen LogP contribution in [-0.4, -0.2) is 31.3 Å². The molecule has 21 heavy (non-hydrogen) atoms. The Balaban J connectivity index is 2.00. The SMILES string of the molecule is CS(=O)(=O)CCC(=O)Nc1nc(-c2ccc(F)cc2)cs1. The van der Waals surface area contributed by atoms with Crippen LogP contribution in [0.4, 0.5) is 9.52 Å². The van der Waals surface area contributed by atoms with E-state index in [-0.39, 0.29) is 18.0 Å². The Bertz CT molecular complexity index is 739. The average molecular weight is 328 g/mol. The van der Waals surface area contributed by atoms with Crippen LogP contribution in [0.25, 0.3) is 11.3 Å². The van der Waals surface area contributed by atoms with Gasteiger partial charge in [-0.05, 0) is 24.3 Å². The van der Waals surface area contributed by atoms with Gasteiger partial charge in [0.1, 0.15) is 15.7 Å². The molecule has 1 aromatic heterocycles. The number of sulfone groups is 1. The van der Waals surface area contributed by atoms with Gasteiger partial charge in [0.2, 0.25) is 5.91 Å². The molecule has 5 nitrogen and oxygen atoms in total. The molecule has 2 aromatic rings. The number of amides is 1. The van der Waals surface area contributed by atoms with Crippen molar-refractivity contribution in [3.63, 3.8) is 0 Å². The lowest BCUT2D eigenvalue weighted by atomic mass is 10.2. The van der Waals surface area contributed by atoms with Gasteiger partial charge in [-0.25, -0.2) is 17.8 Å². The van der Waals surface area contributed by atoms with E-state index in [4.69, 9.17) is 0 Å². The minimum absolute atomic E-state index is 0.107. The molecule has 0 saturated carbocycles. The maximum Gasteiger partial charge on any atom is 0.227 e. The minimum atomic E-state index is -3.17. The van der Waals surface area contributed by atoms with Crippen molar-refractivity contribution in [3.8, 4) is 11.3 Å². The summed E-state index contributed by atoms with van der Waals surface area (Å²) in [6.45, 7) is 0. The summed E-state index contributed by atoms with van der Waals surface area (Å²) in [5, 5.41) is 4.66. The highest BCUT2D eigenvalue weighted by Crippen LogP contribution is 2.25. The van der Waals surface area contributed by atoms with E-state index >= 15 is 0 Å². The standard InChI is InChI=1S/C13H13FN2O3S2/c1-21(18,19)7-6-12(17)16-13-15-11(8-20-13)9-2-4-10(14)5-3-9/h2-5,8H,6-7H2,1H3,(H,15,16,17). The second-order valence-electron chi connectivity index (χ2n) is 4.47. The fourth-order valence-corrected chi connectivity index (χ4v) is 2.84. The first-order chi connectivity index (χ1) is 9.83. The molecule has 0 aliphatic rings. The maximum atomic E-state index is 12.8. The topological polar surface area (TPSA) is 76.1 Å². The van der Waals surface area contributed by atoms with Gasteiger partial charge in [0.25, 0.3) is 0 Å². The monoisotopic (exact) mass is 328 g/mol. The van der Waals surface area contributed by atoms with Crippen molar-refractivity contribution in [2.24, 2.45) is 0 Å². The van der Waals surface area contributed by atoms with E-state index in [0.29, 0.717) is 10.8 Å². The van der Waals surface area contributed by atoms with Gasteiger partial charge in [0, 0.05) is 23.6 Å². The van der Waals surface area contributed by atoms with E-state index < -0.39 is 15.7 Å². The fourth-order valence-electron chi connectivity index (χ4n) is 1.54. The summed E-state index contributed by atoms with van der Waals surface area (Å²) in [7, 11) is -3.17. The lowest BCUT2D eigenvalue weighted by molar-refractivity contribution is -0.115. The summed E-state index contributed by atoms with van der Waals surface area (Å²) in [6.07, 6.45) is 0.973. The fraction of sp³-hybridized carbons (Fsp3) is 0.231. The molecule has 0 radical (unpaired) electrons. The number of thiazole rings is 1. The van der Waals surface area contributed by atoms with Gasteiger partial charge in [-0.1, -0.05) is 0 Å².